The molecular formula is C10H10O4+. The van der Waals surface area contributed by atoms with Crippen molar-refractivity contribution in [2.45, 2.75) is 0 Å². The van der Waals surface area contributed by atoms with Crippen LogP contribution in [-0.4, -0.2) is 26.4 Å². The first kappa shape index (κ1) is 7.79. The summed E-state index contributed by atoms with van der Waals surface area (Å²) in [4.78, 5) is 0. The van der Waals surface area contributed by atoms with Gasteiger partial charge in [-0.15, -0.1) is 0 Å². The molecule has 4 heteroatoms. The Balaban J connectivity index is 2.06. The smallest absolute Gasteiger partial charge is 0.389 e. The van der Waals surface area contributed by atoms with Crippen LogP contribution in [-0.2, 0) is 0 Å². The van der Waals surface area contributed by atoms with Gasteiger partial charge in [0.05, 0.1) is 6.07 Å². The van der Waals surface area contributed by atoms with Gasteiger partial charge in [0.2, 0.25) is 5.75 Å². The monoisotopic (exact) mass is 194 g/mol. The fourth-order valence-corrected chi connectivity index (χ4v) is 1.58. The SMILES string of the molecule is c1c2c(cc3c1OCC[O+]3)OCCO2. The molecule has 2 aliphatic heterocycles. The van der Waals surface area contributed by atoms with Gasteiger partial charge < -0.3 is 14.2 Å². The Bertz CT molecular complexity index is 295. The van der Waals surface area contributed by atoms with E-state index in [0.29, 0.717) is 26.4 Å². The van der Waals surface area contributed by atoms with Crippen molar-refractivity contribution < 1.29 is 18.9 Å². The van der Waals surface area contributed by atoms with Crippen LogP contribution in [0.4, 0.5) is 0 Å². The minimum atomic E-state index is 0.590. The summed E-state index contributed by atoms with van der Waals surface area (Å²) < 4.78 is 21.7. The zero-order valence-electron chi connectivity index (χ0n) is 7.62. The molecule has 14 heavy (non-hydrogen) atoms. The lowest BCUT2D eigenvalue weighted by Crippen LogP contribution is -2.18. The van der Waals surface area contributed by atoms with Crippen molar-refractivity contribution in [3.05, 3.63) is 12.1 Å². The summed E-state index contributed by atoms with van der Waals surface area (Å²) in [6.07, 6.45) is 0. The van der Waals surface area contributed by atoms with Gasteiger partial charge in [-0.25, -0.2) is 4.74 Å². The van der Waals surface area contributed by atoms with E-state index in [1.54, 1.807) is 0 Å². The second-order valence-corrected chi connectivity index (χ2v) is 3.14. The molecule has 1 radical (unpaired) electrons. The Hall–Kier alpha value is -1.58. The molecule has 0 fully saturated rings. The molecule has 3 rings (SSSR count). The molecule has 0 unspecified atom stereocenters. The molecule has 0 bridgehead atoms. The minimum absolute atomic E-state index is 0.590. The second kappa shape index (κ2) is 2.97. The van der Waals surface area contributed by atoms with E-state index >= 15 is 0 Å². The quantitative estimate of drug-likeness (QED) is 0.582. The molecule has 73 valence electrons. The number of hydrogen-bond acceptors (Lipinski definition) is 4. The van der Waals surface area contributed by atoms with Crippen molar-refractivity contribution in [1.82, 2.24) is 0 Å². The predicted molar refractivity (Wildman–Crippen MR) is 48.4 cm³/mol. The van der Waals surface area contributed by atoms with Crippen LogP contribution in [0.3, 0.4) is 0 Å². The Morgan fingerprint density at radius 3 is 2.43 bits per heavy atom. The number of benzene rings is 1. The standard InChI is InChI=1S/C10H10O4/c1-2-12-8-6-10-9(5-7(8)11-1)13-3-4-14-10/h5-6H,1-4H2/q+1. The highest BCUT2D eigenvalue weighted by Gasteiger charge is 2.27. The summed E-state index contributed by atoms with van der Waals surface area (Å²) in [6.45, 7) is 2.36. The average molecular weight is 194 g/mol. The van der Waals surface area contributed by atoms with E-state index in [1.165, 1.54) is 0 Å². The highest BCUT2D eigenvalue weighted by Crippen LogP contribution is 2.41. The van der Waals surface area contributed by atoms with Crippen LogP contribution in [0, 0.1) is 0 Å². The van der Waals surface area contributed by atoms with E-state index in [9.17, 15) is 0 Å². The van der Waals surface area contributed by atoms with Gasteiger partial charge in [-0.3, -0.25) is 0 Å². The number of ether oxygens (including phenoxy) is 4. The Morgan fingerprint density at radius 2 is 1.57 bits per heavy atom. The molecule has 0 spiro atoms. The predicted octanol–water partition coefficient (Wildman–Crippen LogP) is 1.23. The largest absolute Gasteiger partial charge is 0.486 e. The topological polar surface area (TPSA) is 39.0 Å². The van der Waals surface area contributed by atoms with E-state index in [-0.39, 0.29) is 0 Å². The van der Waals surface area contributed by atoms with Crippen LogP contribution >= 0.6 is 0 Å². The third kappa shape index (κ3) is 1.14. The van der Waals surface area contributed by atoms with Gasteiger partial charge in [-0.2, -0.15) is 0 Å². The normalized spacial score (nSPS) is 17.7. The van der Waals surface area contributed by atoms with E-state index in [4.69, 9.17) is 18.9 Å². The molecule has 0 aromatic heterocycles. The lowest BCUT2D eigenvalue weighted by atomic mass is 10.2. The van der Waals surface area contributed by atoms with Gasteiger partial charge in [-0.05, 0) is 0 Å². The fourth-order valence-electron chi connectivity index (χ4n) is 1.58. The van der Waals surface area contributed by atoms with Crippen molar-refractivity contribution in [3.63, 3.8) is 0 Å². The molecule has 0 amide bonds. The van der Waals surface area contributed by atoms with Crippen LogP contribution in [0.15, 0.2) is 12.1 Å². The number of hydrogen-bond donors (Lipinski definition) is 0. The first-order valence-corrected chi connectivity index (χ1v) is 4.63. The minimum Gasteiger partial charge on any atom is -0.486 e. The molecule has 2 heterocycles. The summed E-state index contributed by atoms with van der Waals surface area (Å²) in [5, 5.41) is 0. The van der Waals surface area contributed by atoms with Gasteiger partial charge in [0.1, 0.15) is 13.2 Å². The Morgan fingerprint density at radius 1 is 0.857 bits per heavy atom. The summed E-state index contributed by atoms with van der Waals surface area (Å²) in [5.74, 6) is 2.95. The highest BCUT2D eigenvalue weighted by atomic mass is 16.6. The zero-order valence-corrected chi connectivity index (χ0v) is 7.62. The number of fused-ring (bicyclic) bond motifs is 2. The van der Waals surface area contributed by atoms with Gasteiger partial charge in [-0.1, -0.05) is 0 Å². The first-order chi connectivity index (χ1) is 6.93. The van der Waals surface area contributed by atoms with E-state index in [2.05, 4.69) is 0 Å². The maximum atomic E-state index is 5.43. The summed E-state index contributed by atoms with van der Waals surface area (Å²) in [6, 6.07) is 3.64. The van der Waals surface area contributed by atoms with Gasteiger partial charge in [0, 0.05) is 6.07 Å². The molecule has 0 N–H and O–H groups in total. The molecule has 1 aromatic carbocycles. The maximum absolute atomic E-state index is 5.43. The van der Waals surface area contributed by atoms with Crippen LogP contribution in [0.2, 0.25) is 0 Å². The zero-order chi connectivity index (χ0) is 9.38. The van der Waals surface area contributed by atoms with Crippen molar-refractivity contribution in [3.8, 4) is 23.0 Å². The van der Waals surface area contributed by atoms with E-state index in [0.717, 1.165) is 23.0 Å². The lowest BCUT2D eigenvalue weighted by Gasteiger charge is -2.19. The number of rotatable bonds is 0. The summed E-state index contributed by atoms with van der Waals surface area (Å²) in [7, 11) is 0. The van der Waals surface area contributed by atoms with Crippen molar-refractivity contribution in [2.75, 3.05) is 26.4 Å². The molecule has 4 nitrogen and oxygen atoms in total. The van der Waals surface area contributed by atoms with E-state index < -0.39 is 0 Å². The van der Waals surface area contributed by atoms with Crippen LogP contribution in [0.25, 0.3) is 0 Å². The van der Waals surface area contributed by atoms with Crippen LogP contribution < -0.4 is 18.9 Å². The summed E-state index contributed by atoms with van der Waals surface area (Å²) >= 11 is 0. The van der Waals surface area contributed by atoms with Crippen LogP contribution in [0.5, 0.6) is 23.0 Å². The van der Waals surface area contributed by atoms with Gasteiger partial charge in [0.15, 0.2) is 18.1 Å². The molecule has 1 aromatic rings. The van der Waals surface area contributed by atoms with Crippen molar-refractivity contribution in [1.29, 1.82) is 0 Å². The Kier molecular flexibility index (Phi) is 1.65. The van der Waals surface area contributed by atoms with Gasteiger partial charge in [0.25, 0.3) is 6.61 Å². The second-order valence-electron chi connectivity index (χ2n) is 3.14. The maximum Gasteiger partial charge on any atom is 0.389 e. The van der Waals surface area contributed by atoms with Crippen LogP contribution in [0.1, 0.15) is 0 Å². The fraction of sp³-hybridized carbons (Fsp3) is 0.400. The first-order valence-electron chi connectivity index (χ1n) is 4.63. The lowest BCUT2D eigenvalue weighted by molar-refractivity contribution is 0.153. The third-order valence-electron chi connectivity index (χ3n) is 2.21. The third-order valence-corrected chi connectivity index (χ3v) is 2.21. The average Bonchev–Trinajstić information content (AvgIpc) is 2.26. The summed E-state index contributed by atoms with van der Waals surface area (Å²) in [5.41, 5.74) is 0. The highest BCUT2D eigenvalue weighted by molar-refractivity contribution is 5.55. The molecule has 0 saturated carbocycles. The Labute approximate surface area is 81.3 Å². The molecule has 0 aliphatic carbocycles. The van der Waals surface area contributed by atoms with Crippen molar-refractivity contribution >= 4 is 0 Å². The molecular weight excluding hydrogens is 184 g/mol. The van der Waals surface area contributed by atoms with Gasteiger partial charge >= 0.3 is 5.75 Å². The molecule has 0 saturated heterocycles. The van der Waals surface area contributed by atoms with E-state index in [1.807, 2.05) is 12.1 Å². The molecule has 2 aliphatic rings. The molecule has 0 atom stereocenters. The van der Waals surface area contributed by atoms with Crippen molar-refractivity contribution in [2.24, 2.45) is 0 Å².